The fourth-order valence-corrected chi connectivity index (χ4v) is 2.24. The van der Waals surface area contributed by atoms with E-state index >= 15 is 0 Å². The maximum Gasteiger partial charge on any atom is 0.124 e. The molecule has 21 heavy (non-hydrogen) atoms. The van der Waals surface area contributed by atoms with Crippen LogP contribution in [0, 0.1) is 0 Å². The summed E-state index contributed by atoms with van der Waals surface area (Å²) in [5, 5.41) is 13.4. The van der Waals surface area contributed by atoms with Gasteiger partial charge >= 0.3 is 0 Å². The van der Waals surface area contributed by atoms with Gasteiger partial charge in [0.25, 0.3) is 0 Å². The van der Waals surface area contributed by atoms with Gasteiger partial charge < -0.3 is 19.9 Å². The molecule has 0 saturated carbocycles. The highest BCUT2D eigenvalue weighted by atomic mass is 16.5. The zero-order valence-electron chi connectivity index (χ0n) is 12.6. The van der Waals surface area contributed by atoms with Gasteiger partial charge in [0.05, 0.1) is 14.2 Å². The average Bonchev–Trinajstić information content (AvgIpc) is 2.52. The lowest BCUT2D eigenvalue weighted by atomic mass is 10.1. The minimum absolute atomic E-state index is 0.0146. The summed E-state index contributed by atoms with van der Waals surface area (Å²) in [4.78, 5) is 0. The lowest BCUT2D eigenvalue weighted by molar-refractivity contribution is 0.401. The van der Waals surface area contributed by atoms with Crippen molar-refractivity contribution in [3.05, 3.63) is 53.6 Å². The molecule has 0 amide bonds. The SMILES string of the molecule is COc1ccc(C(C)NCc2ccccc2OC)c(O)c1. The maximum atomic E-state index is 10.0. The van der Waals surface area contributed by atoms with Crippen LogP contribution in [0.2, 0.25) is 0 Å². The summed E-state index contributed by atoms with van der Waals surface area (Å²) in [7, 11) is 3.25. The van der Waals surface area contributed by atoms with Gasteiger partial charge in [0, 0.05) is 29.8 Å². The van der Waals surface area contributed by atoms with Crippen LogP contribution >= 0.6 is 0 Å². The third-order valence-electron chi connectivity index (χ3n) is 3.50. The van der Waals surface area contributed by atoms with Gasteiger partial charge in [-0.2, -0.15) is 0 Å². The first-order valence-electron chi connectivity index (χ1n) is 6.88. The number of phenolic OH excluding ortho intramolecular Hbond substituents is 1. The third-order valence-corrected chi connectivity index (χ3v) is 3.50. The Balaban J connectivity index is 2.06. The molecule has 0 bridgehead atoms. The molecule has 0 aliphatic rings. The van der Waals surface area contributed by atoms with E-state index in [2.05, 4.69) is 5.32 Å². The van der Waals surface area contributed by atoms with Gasteiger partial charge in [-0.25, -0.2) is 0 Å². The van der Waals surface area contributed by atoms with Crippen molar-refractivity contribution < 1.29 is 14.6 Å². The number of rotatable bonds is 6. The highest BCUT2D eigenvalue weighted by Crippen LogP contribution is 2.28. The minimum atomic E-state index is 0.0146. The third kappa shape index (κ3) is 3.67. The topological polar surface area (TPSA) is 50.7 Å². The molecule has 4 heteroatoms. The smallest absolute Gasteiger partial charge is 0.124 e. The molecule has 2 N–H and O–H groups in total. The number of phenols is 1. The van der Waals surface area contributed by atoms with Crippen LogP contribution in [0.5, 0.6) is 17.2 Å². The van der Waals surface area contributed by atoms with Gasteiger partial charge in [0.15, 0.2) is 0 Å². The number of benzene rings is 2. The van der Waals surface area contributed by atoms with E-state index in [1.54, 1.807) is 20.3 Å². The summed E-state index contributed by atoms with van der Waals surface area (Å²) in [5.41, 5.74) is 1.92. The zero-order valence-corrected chi connectivity index (χ0v) is 12.6. The molecule has 0 radical (unpaired) electrons. The molecule has 0 aliphatic heterocycles. The lowest BCUT2D eigenvalue weighted by Gasteiger charge is -2.17. The van der Waals surface area contributed by atoms with Gasteiger partial charge in [-0.3, -0.25) is 0 Å². The molecule has 2 aromatic rings. The number of aromatic hydroxyl groups is 1. The molecule has 0 spiro atoms. The molecule has 0 aliphatic carbocycles. The van der Waals surface area contributed by atoms with Crippen LogP contribution in [0.3, 0.4) is 0 Å². The summed E-state index contributed by atoms with van der Waals surface area (Å²) >= 11 is 0. The van der Waals surface area contributed by atoms with Crippen LogP contribution in [0.15, 0.2) is 42.5 Å². The van der Waals surface area contributed by atoms with Gasteiger partial charge in [-0.1, -0.05) is 24.3 Å². The molecule has 4 nitrogen and oxygen atoms in total. The molecule has 0 fully saturated rings. The Morgan fingerprint density at radius 2 is 1.86 bits per heavy atom. The average molecular weight is 287 g/mol. The van der Waals surface area contributed by atoms with Crippen molar-refractivity contribution in [3.8, 4) is 17.2 Å². The second-order valence-corrected chi connectivity index (χ2v) is 4.84. The van der Waals surface area contributed by atoms with Gasteiger partial charge in [-0.15, -0.1) is 0 Å². The molecule has 2 aromatic carbocycles. The minimum Gasteiger partial charge on any atom is -0.507 e. The normalized spacial score (nSPS) is 12.0. The van der Waals surface area contributed by atoms with E-state index in [-0.39, 0.29) is 11.8 Å². The van der Waals surface area contributed by atoms with Crippen molar-refractivity contribution in [1.29, 1.82) is 0 Å². The zero-order chi connectivity index (χ0) is 15.2. The Morgan fingerprint density at radius 1 is 1.10 bits per heavy atom. The van der Waals surface area contributed by atoms with E-state index in [1.165, 1.54) is 0 Å². The van der Waals surface area contributed by atoms with Crippen molar-refractivity contribution in [2.24, 2.45) is 0 Å². The van der Waals surface area contributed by atoms with E-state index in [0.29, 0.717) is 12.3 Å². The predicted molar refractivity (Wildman–Crippen MR) is 82.9 cm³/mol. The molecule has 0 aromatic heterocycles. The van der Waals surface area contributed by atoms with Gasteiger partial charge in [0.1, 0.15) is 17.2 Å². The van der Waals surface area contributed by atoms with Gasteiger partial charge in [0.2, 0.25) is 0 Å². The van der Waals surface area contributed by atoms with Crippen LogP contribution < -0.4 is 14.8 Å². The summed E-state index contributed by atoms with van der Waals surface area (Å²) in [5.74, 6) is 1.73. The monoisotopic (exact) mass is 287 g/mol. The van der Waals surface area contributed by atoms with Crippen molar-refractivity contribution in [3.63, 3.8) is 0 Å². The second kappa shape index (κ2) is 6.99. The Labute approximate surface area is 125 Å². The number of hydrogen-bond donors (Lipinski definition) is 2. The number of para-hydroxylation sites is 1. The molecule has 2 rings (SSSR count). The molecule has 0 saturated heterocycles. The van der Waals surface area contributed by atoms with Crippen LogP contribution in [0.25, 0.3) is 0 Å². The van der Waals surface area contributed by atoms with Crippen molar-refractivity contribution in [2.75, 3.05) is 14.2 Å². The Bertz CT molecular complexity index is 598. The molecular formula is C17H21NO3. The quantitative estimate of drug-likeness (QED) is 0.856. The first-order valence-corrected chi connectivity index (χ1v) is 6.88. The Kier molecular flexibility index (Phi) is 5.06. The molecule has 1 atom stereocenters. The first-order chi connectivity index (χ1) is 10.2. The summed E-state index contributed by atoms with van der Waals surface area (Å²) < 4.78 is 10.4. The second-order valence-electron chi connectivity index (χ2n) is 4.84. The molecule has 112 valence electrons. The molecule has 1 unspecified atom stereocenters. The van der Waals surface area contributed by atoms with Crippen molar-refractivity contribution in [2.45, 2.75) is 19.5 Å². The highest BCUT2D eigenvalue weighted by Gasteiger charge is 2.11. The van der Waals surface area contributed by atoms with E-state index in [9.17, 15) is 5.11 Å². The fourth-order valence-electron chi connectivity index (χ4n) is 2.24. The summed E-state index contributed by atoms with van der Waals surface area (Å²) in [6.45, 7) is 2.67. The number of ether oxygens (including phenoxy) is 2. The summed E-state index contributed by atoms with van der Waals surface area (Å²) in [6, 6.07) is 13.2. The fraction of sp³-hybridized carbons (Fsp3) is 0.294. The standard InChI is InChI=1S/C17H21NO3/c1-12(15-9-8-14(20-2)10-16(15)19)18-11-13-6-4-5-7-17(13)21-3/h4-10,12,18-19H,11H2,1-3H3. The van der Waals surface area contributed by atoms with Gasteiger partial charge in [-0.05, 0) is 19.1 Å². The number of nitrogens with one attached hydrogen (secondary N) is 1. The lowest BCUT2D eigenvalue weighted by Crippen LogP contribution is -2.18. The summed E-state index contributed by atoms with van der Waals surface area (Å²) in [6.07, 6.45) is 0. The first kappa shape index (κ1) is 15.2. The molecular weight excluding hydrogens is 266 g/mol. The van der Waals surface area contributed by atoms with E-state index in [1.807, 2.05) is 43.3 Å². The Morgan fingerprint density at radius 3 is 2.52 bits per heavy atom. The van der Waals surface area contributed by atoms with E-state index in [0.717, 1.165) is 16.9 Å². The number of hydrogen-bond acceptors (Lipinski definition) is 4. The van der Waals surface area contributed by atoms with Crippen LogP contribution in [-0.2, 0) is 6.54 Å². The van der Waals surface area contributed by atoms with Crippen molar-refractivity contribution in [1.82, 2.24) is 5.32 Å². The Hall–Kier alpha value is -2.20. The van der Waals surface area contributed by atoms with Crippen molar-refractivity contribution >= 4 is 0 Å². The largest absolute Gasteiger partial charge is 0.507 e. The molecule has 0 heterocycles. The van der Waals surface area contributed by atoms with Crippen LogP contribution in [-0.4, -0.2) is 19.3 Å². The maximum absolute atomic E-state index is 10.0. The highest BCUT2D eigenvalue weighted by molar-refractivity contribution is 5.41. The van der Waals surface area contributed by atoms with Crippen LogP contribution in [0.1, 0.15) is 24.1 Å². The van der Waals surface area contributed by atoms with Crippen LogP contribution in [0.4, 0.5) is 0 Å². The number of methoxy groups -OCH3 is 2. The van der Waals surface area contributed by atoms with E-state index < -0.39 is 0 Å². The predicted octanol–water partition coefficient (Wildman–Crippen LogP) is 3.26. The van der Waals surface area contributed by atoms with E-state index in [4.69, 9.17) is 9.47 Å².